The fourth-order valence-corrected chi connectivity index (χ4v) is 1.92. The van der Waals surface area contributed by atoms with Crippen LogP contribution in [0.4, 0.5) is 13.2 Å². The average molecular weight is 350 g/mol. The molecule has 7 heteroatoms. The summed E-state index contributed by atoms with van der Waals surface area (Å²) in [6.45, 7) is -0.749. The molecule has 0 aliphatic rings. The van der Waals surface area contributed by atoms with Gasteiger partial charge in [0.2, 0.25) is 5.78 Å². The molecule has 0 radical (unpaired) electrons. The zero-order valence-electron chi connectivity index (χ0n) is 13.1. The van der Waals surface area contributed by atoms with Crippen molar-refractivity contribution in [3.05, 3.63) is 71.1 Å². The van der Waals surface area contributed by atoms with E-state index in [-0.39, 0.29) is 5.75 Å². The van der Waals surface area contributed by atoms with E-state index in [0.717, 1.165) is 30.3 Å². The highest BCUT2D eigenvalue weighted by Crippen LogP contribution is 2.18. The van der Waals surface area contributed by atoms with Crippen molar-refractivity contribution in [3.8, 4) is 5.75 Å². The summed E-state index contributed by atoms with van der Waals surface area (Å²) in [5.41, 5.74) is -0.133. The molecule has 0 fully saturated rings. The summed E-state index contributed by atoms with van der Waals surface area (Å²) < 4.78 is 49.4. The van der Waals surface area contributed by atoms with Crippen LogP contribution in [0.2, 0.25) is 0 Å². The van der Waals surface area contributed by atoms with Crippen LogP contribution in [0.1, 0.15) is 15.9 Å². The van der Waals surface area contributed by atoms with Crippen LogP contribution in [0.25, 0.3) is 6.08 Å². The van der Waals surface area contributed by atoms with Crippen molar-refractivity contribution >= 4 is 17.8 Å². The summed E-state index contributed by atoms with van der Waals surface area (Å²) in [5.74, 6) is -4.00. The highest BCUT2D eigenvalue weighted by atomic mass is 19.1. The van der Waals surface area contributed by atoms with Crippen molar-refractivity contribution in [2.24, 2.45) is 0 Å². The molecule has 0 N–H and O–H groups in total. The lowest BCUT2D eigenvalue weighted by atomic mass is 10.1. The fourth-order valence-electron chi connectivity index (χ4n) is 1.92. The third kappa shape index (κ3) is 4.94. The van der Waals surface area contributed by atoms with Gasteiger partial charge in [0.05, 0.1) is 12.7 Å². The number of hydrogen-bond acceptors (Lipinski definition) is 4. The molecule has 0 aliphatic heterocycles. The molecule has 0 saturated heterocycles. The topological polar surface area (TPSA) is 52.6 Å². The highest BCUT2D eigenvalue weighted by Gasteiger charge is 2.14. The second kappa shape index (κ2) is 8.14. The Labute approximate surface area is 141 Å². The SMILES string of the molecule is COc1ccc(/C=C/C(=O)OCC(=O)c2cc(F)ccc2F)cc1F. The minimum absolute atomic E-state index is 0.0578. The molecule has 0 aliphatic carbocycles. The van der Waals surface area contributed by atoms with E-state index in [0.29, 0.717) is 5.56 Å². The number of halogens is 3. The van der Waals surface area contributed by atoms with E-state index in [1.54, 1.807) is 0 Å². The summed E-state index contributed by atoms with van der Waals surface area (Å²) in [5, 5.41) is 0. The maximum Gasteiger partial charge on any atom is 0.331 e. The Bertz CT molecular complexity index is 831. The lowest BCUT2D eigenvalue weighted by Crippen LogP contribution is -2.14. The highest BCUT2D eigenvalue weighted by molar-refractivity contribution is 5.99. The first-order valence-electron chi connectivity index (χ1n) is 7.07. The Balaban J connectivity index is 1.95. The Morgan fingerprint density at radius 3 is 2.48 bits per heavy atom. The number of methoxy groups -OCH3 is 1. The van der Waals surface area contributed by atoms with Crippen molar-refractivity contribution in [1.29, 1.82) is 0 Å². The van der Waals surface area contributed by atoms with Gasteiger partial charge in [0.1, 0.15) is 11.6 Å². The monoisotopic (exact) mass is 350 g/mol. The van der Waals surface area contributed by atoms with Crippen LogP contribution in [0.3, 0.4) is 0 Å². The van der Waals surface area contributed by atoms with Crippen LogP contribution < -0.4 is 4.74 Å². The predicted molar refractivity (Wildman–Crippen MR) is 83.6 cm³/mol. The Morgan fingerprint density at radius 2 is 1.80 bits per heavy atom. The van der Waals surface area contributed by atoms with Crippen LogP contribution in [-0.4, -0.2) is 25.5 Å². The second-order valence-corrected chi connectivity index (χ2v) is 4.88. The largest absolute Gasteiger partial charge is 0.494 e. The lowest BCUT2D eigenvalue weighted by Gasteiger charge is -2.04. The normalized spacial score (nSPS) is 10.7. The second-order valence-electron chi connectivity index (χ2n) is 4.88. The van der Waals surface area contributed by atoms with Gasteiger partial charge >= 0.3 is 5.97 Å². The van der Waals surface area contributed by atoms with Crippen molar-refractivity contribution in [2.75, 3.05) is 13.7 Å². The molecule has 0 heterocycles. The molecule has 0 unspecified atom stereocenters. The van der Waals surface area contributed by atoms with Crippen LogP contribution in [-0.2, 0) is 9.53 Å². The van der Waals surface area contributed by atoms with Crippen molar-refractivity contribution in [1.82, 2.24) is 0 Å². The van der Waals surface area contributed by atoms with E-state index in [4.69, 9.17) is 4.74 Å². The Kier molecular flexibility index (Phi) is 5.94. The number of hydrogen-bond donors (Lipinski definition) is 0. The molecule has 25 heavy (non-hydrogen) atoms. The molecule has 2 aromatic rings. The maximum absolute atomic E-state index is 13.5. The molecule has 2 rings (SSSR count). The van der Waals surface area contributed by atoms with Crippen LogP contribution in [0, 0.1) is 17.5 Å². The van der Waals surface area contributed by atoms with Crippen LogP contribution >= 0.6 is 0 Å². The van der Waals surface area contributed by atoms with Gasteiger partial charge in [0.25, 0.3) is 0 Å². The molecule has 0 atom stereocenters. The number of rotatable bonds is 6. The van der Waals surface area contributed by atoms with E-state index in [9.17, 15) is 22.8 Å². The summed E-state index contributed by atoms with van der Waals surface area (Å²) in [6, 6.07) is 6.45. The number of ether oxygens (including phenoxy) is 2. The van der Waals surface area contributed by atoms with Gasteiger partial charge in [0, 0.05) is 6.08 Å². The van der Waals surface area contributed by atoms with Gasteiger partial charge < -0.3 is 9.47 Å². The zero-order chi connectivity index (χ0) is 18.4. The van der Waals surface area contributed by atoms with Gasteiger partial charge in [-0.3, -0.25) is 4.79 Å². The average Bonchev–Trinajstić information content (AvgIpc) is 2.60. The molecule has 0 aromatic heterocycles. The number of Topliss-reactive ketones (excluding diaryl/α,β-unsaturated/α-hetero) is 1. The minimum atomic E-state index is -0.910. The molecule has 0 amide bonds. The predicted octanol–water partition coefficient (Wildman–Crippen LogP) is 3.55. The van der Waals surface area contributed by atoms with Crippen LogP contribution in [0.15, 0.2) is 42.5 Å². The van der Waals surface area contributed by atoms with Crippen molar-refractivity contribution in [2.45, 2.75) is 0 Å². The number of benzene rings is 2. The van der Waals surface area contributed by atoms with Crippen LogP contribution in [0.5, 0.6) is 5.75 Å². The quantitative estimate of drug-likeness (QED) is 0.454. The number of carbonyl (C=O) groups excluding carboxylic acids is 2. The van der Waals surface area contributed by atoms with Gasteiger partial charge in [-0.15, -0.1) is 0 Å². The summed E-state index contributed by atoms with van der Waals surface area (Å²) in [4.78, 5) is 23.3. The van der Waals surface area contributed by atoms with Gasteiger partial charge in [-0.2, -0.15) is 0 Å². The molecular weight excluding hydrogens is 337 g/mol. The third-order valence-corrected chi connectivity index (χ3v) is 3.16. The Hall–Kier alpha value is -3.09. The third-order valence-electron chi connectivity index (χ3n) is 3.16. The number of carbonyl (C=O) groups is 2. The molecular formula is C18H13F3O4. The zero-order valence-corrected chi connectivity index (χ0v) is 13.1. The maximum atomic E-state index is 13.5. The summed E-state index contributed by atoms with van der Waals surface area (Å²) in [7, 11) is 1.32. The van der Waals surface area contributed by atoms with Crippen molar-refractivity contribution < 1.29 is 32.2 Å². The van der Waals surface area contributed by atoms with Crippen molar-refractivity contribution in [3.63, 3.8) is 0 Å². The smallest absolute Gasteiger partial charge is 0.331 e. The molecule has 0 spiro atoms. The van der Waals surface area contributed by atoms with Gasteiger partial charge in [-0.1, -0.05) is 6.07 Å². The summed E-state index contributed by atoms with van der Waals surface area (Å²) in [6.07, 6.45) is 2.26. The molecule has 2 aromatic carbocycles. The summed E-state index contributed by atoms with van der Waals surface area (Å²) >= 11 is 0. The van der Waals surface area contributed by atoms with E-state index in [2.05, 4.69) is 4.74 Å². The first-order chi connectivity index (χ1) is 11.9. The van der Waals surface area contributed by atoms with E-state index in [1.807, 2.05) is 0 Å². The van der Waals surface area contributed by atoms with Gasteiger partial charge in [0.15, 0.2) is 18.2 Å². The first-order valence-corrected chi connectivity index (χ1v) is 7.07. The van der Waals surface area contributed by atoms with Gasteiger partial charge in [-0.05, 0) is 42.0 Å². The van der Waals surface area contributed by atoms with E-state index >= 15 is 0 Å². The molecule has 0 bridgehead atoms. The minimum Gasteiger partial charge on any atom is -0.494 e. The lowest BCUT2D eigenvalue weighted by molar-refractivity contribution is -0.136. The van der Waals surface area contributed by atoms with Gasteiger partial charge in [-0.25, -0.2) is 18.0 Å². The molecule has 0 saturated carbocycles. The molecule has 4 nitrogen and oxygen atoms in total. The standard InChI is InChI=1S/C18H13F3O4/c1-24-17-6-2-11(8-15(17)21)3-7-18(23)25-10-16(22)13-9-12(19)4-5-14(13)20/h2-9H,10H2,1H3/b7-3+. The number of ketones is 1. The Morgan fingerprint density at radius 1 is 1.04 bits per heavy atom. The molecule has 130 valence electrons. The number of esters is 1. The van der Waals surface area contributed by atoms with E-state index in [1.165, 1.54) is 25.3 Å². The fraction of sp³-hybridized carbons (Fsp3) is 0.111. The first kappa shape index (κ1) is 18.3. The van der Waals surface area contributed by atoms with E-state index < -0.39 is 41.4 Å².